The van der Waals surface area contributed by atoms with Crippen molar-refractivity contribution in [3.05, 3.63) is 76.7 Å². The summed E-state index contributed by atoms with van der Waals surface area (Å²) in [6.07, 6.45) is 3.26. The van der Waals surface area contributed by atoms with E-state index in [0.29, 0.717) is 10.6 Å². The first-order valence-electron chi connectivity index (χ1n) is 10.3. The van der Waals surface area contributed by atoms with Crippen molar-refractivity contribution in [2.75, 3.05) is 11.5 Å². The molecule has 0 spiro atoms. The van der Waals surface area contributed by atoms with Crippen molar-refractivity contribution in [1.29, 1.82) is 0 Å². The molecule has 3 aromatic heterocycles. The molecule has 170 valence electrons. The summed E-state index contributed by atoms with van der Waals surface area (Å²) >= 11 is 2.31. The first-order chi connectivity index (χ1) is 16.5. The van der Waals surface area contributed by atoms with E-state index in [1.165, 1.54) is 28.5 Å². The van der Waals surface area contributed by atoms with Crippen LogP contribution in [0.4, 0.5) is 5.69 Å². The van der Waals surface area contributed by atoms with Gasteiger partial charge in [-0.25, -0.2) is 14.7 Å². The lowest BCUT2D eigenvalue weighted by Crippen LogP contribution is -2.31. The topological polar surface area (TPSA) is 109 Å². The number of nitrogens with one attached hydrogen (secondary N) is 1. The Morgan fingerprint density at radius 1 is 1.18 bits per heavy atom. The Labute approximate surface area is 201 Å². The van der Waals surface area contributed by atoms with Gasteiger partial charge in [-0.1, -0.05) is 23.9 Å². The average molecular weight is 492 g/mol. The second kappa shape index (κ2) is 9.24. The number of ether oxygens (including phenoxy) is 1. The summed E-state index contributed by atoms with van der Waals surface area (Å²) in [5.41, 5.74) is 1.44. The minimum Gasteiger partial charge on any atom is -0.454 e. The van der Waals surface area contributed by atoms with E-state index in [4.69, 9.17) is 4.74 Å². The van der Waals surface area contributed by atoms with Gasteiger partial charge in [-0.15, -0.1) is 11.3 Å². The van der Waals surface area contributed by atoms with Gasteiger partial charge in [0.1, 0.15) is 5.03 Å². The van der Waals surface area contributed by atoms with Crippen molar-refractivity contribution in [1.82, 2.24) is 9.97 Å². The number of ketones is 1. The van der Waals surface area contributed by atoms with Crippen molar-refractivity contribution in [2.45, 2.75) is 16.7 Å². The van der Waals surface area contributed by atoms with Crippen LogP contribution in [0.15, 0.2) is 71.3 Å². The quantitative estimate of drug-likeness (QED) is 0.236. The molecule has 2 amide bonds. The molecule has 8 nitrogen and oxygen atoms in total. The predicted molar refractivity (Wildman–Crippen MR) is 128 cm³/mol. The normalized spacial score (nSPS) is 15.8. The van der Waals surface area contributed by atoms with Crippen LogP contribution in [0.5, 0.6) is 0 Å². The fourth-order valence-electron chi connectivity index (χ4n) is 3.63. The van der Waals surface area contributed by atoms with Crippen LogP contribution in [0.2, 0.25) is 0 Å². The number of fused-ring (bicyclic) bond motifs is 1. The molecular formula is C24H17N3O5S2. The van der Waals surface area contributed by atoms with Crippen LogP contribution in [0.25, 0.3) is 10.9 Å². The number of hydrogen-bond acceptors (Lipinski definition) is 8. The number of Topliss-reactive ketones (excluding diaryl/α,β-unsaturated/α-hetero) is 1. The molecule has 0 radical (unpaired) electrons. The Balaban J connectivity index is 1.31. The van der Waals surface area contributed by atoms with E-state index < -0.39 is 17.8 Å². The monoisotopic (exact) mass is 491 g/mol. The largest absolute Gasteiger partial charge is 0.454 e. The summed E-state index contributed by atoms with van der Waals surface area (Å²) < 4.78 is 5.19. The van der Waals surface area contributed by atoms with Crippen molar-refractivity contribution in [2.24, 2.45) is 0 Å². The van der Waals surface area contributed by atoms with Crippen LogP contribution < -0.4 is 4.90 Å². The van der Waals surface area contributed by atoms with Crippen LogP contribution >= 0.6 is 23.1 Å². The van der Waals surface area contributed by atoms with E-state index in [2.05, 4.69) is 9.97 Å². The predicted octanol–water partition coefficient (Wildman–Crippen LogP) is 4.09. The molecule has 10 heteroatoms. The van der Waals surface area contributed by atoms with Crippen molar-refractivity contribution in [3.63, 3.8) is 0 Å². The summed E-state index contributed by atoms with van der Waals surface area (Å²) in [5, 5.41) is 2.28. The number of aromatic nitrogens is 2. The van der Waals surface area contributed by atoms with Gasteiger partial charge >= 0.3 is 5.97 Å². The summed E-state index contributed by atoms with van der Waals surface area (Å²) in [5.74, 6) is -1.72. The summed E-state index contributed by atoms with van der Waals surface area (Å²) in [6, 6.07) is 13.7. The van der Waals surface area contributed by atoms with Crippen LogP contribution in [0.1, 0.15) is 26.5 Å². The maximum atomic E-state index is 13.1. The summed E-state index contributed by atoms with van der Waals surface area (Å²) in [6.45, 7) is -0.395. The van der Waals surface area contributed by atoms with Gasteiger partial charge in [0.25, 0.3) is 0 Å². The molecule has 1 N–H and O–H groups in total. The first-order valence-corrected chi connectivity index (χ1v) is 12.1. The number of benzene rings is 1. The van der Waals surface area contributed by atoms with E-state index in [1.54, 1.807) is 41.9 Å². The molecule has 0 aliphatic carbocycles. The number of pyridine rings is 1. The average Bonchev–Trinajstić information content (AvgIpc) is 3.58. The number of nitrogens with zero attached hydrogens (tertiary/aromatic N) is 2. The van der Waals surface area contributed by atoms with Gasteiger partial charge in [-0.2, -0.15) is 0 Å². The maximum absolute atomic E-state index is 13.1. The van der Waals surface area contributed by atoms with Gasteiger partial charge in [0.15, 0.2) is 6.61 Å². The Hall–Kier alpha value is -3.76. The van der Waals surface area contributed by atoms with E-state index in [1.807, 2.05) is 12.1 Å². The SMILES string of the molecule is O=C(COC(=O)c1cccnc1SC1CC(=O)N(c2ccc3cc[nH]c3c2)C1=O)c1cccs1. The zero-order valence-electron chi connectivity index (χ0n) is 17.6. The van der Waals surface area contributed by atoms with Crippen LogP contribution in [0, 0.1) is 0 Å². The number of anilines is 1. The van der Waals surface area contributed by atoms with E-state index in [-0.39, 0.29) is 34.6 Å². The number of rotatable bonds is 7. The number of amides is 2. The van der Waals surface area contributed by atoms with Crippen LogP contribution in [-0.4, -0.2) is 45.4 Å². The molecule has 34 heavy (non-hydrogen) atoms. The van der Waals surface area contributed by atoms with Gasteiger partial charge in [-0.3, -0.25) is 14.4 Å². The highest BCUT2D eigenvalue weighted by molar-refractivity contribution is 8.00. The van der Waals surface area contributed by atoms with E-state index in [0.717, 1.165) is 22.7 Å². The molecule has 0 bridgehead atoms. The fraction of sp³-hybridized carbons (Fsp3) is 0.125. The number of hydrogen-bond donors (Lipinski definition) is 1. The third-order valence-electron chi connectivity index (χ3n) is 5.28. The second-order valence-corrected chi connectivity index (χ2v) is 9.60. The molecule has 1 fully saturated rings. The fourth-order valence-corrected chi connectivity index (χ4v) is 5.39. The van der Waals surface area contributed by atoms with Gasteiger partial charge in [0.2, 0.25) is 17.6 Å². The lowest BCUT2D eigenvalue weighted by molar-refractivity contribution is -0.121. The number of thioether (sulfide) groups is 1. The molecule has 4 aromatic rings. The molecule has 1 aliphatic rings. The Bertz CT molecular complexity index is 1410. The Kier molecular flexibility index (Phi) is 5.99. The molecule has 1 saturated heterocycles. The highest BCUT2D eigenvalue weighted by Gasteiger charge is 2.41. The zero-order chi connectivity index (χ0) is 23.7. The molecule has 1 aliphatic heterocycles. The van der Waals surface area contributed by atoms with Gasteiger partial charge in [0, 0.05) is 24.3 Å². The molecule has 1 atom stereocenters. The van der Waals surface area contributed by atoms with Crippen LogP contribution in [0.3, 0.4) is 0 Å². The van der Waals surface area contributed by atoms with Gasteiger partial charge < -0.3 is 9.72 Å². The number of thiophene rings is 1. The minimum absolute atomic E-state index is 0.0197. The molecule has 1 unspecified atom stereocenters. The minimum atomic E-state index is -0.735. The number of carbonyl (C=O) groups is 4. The molecule has 5 rings (SSSR count). The molecular weight excluding hydrogens is 474 g/mol. The maximum Gasteiger partial charge on any atom is 0.341 e. The number of imide groups is 1. The Morgan fingerprint density at radius 3 is 2.88 bits per heavy atom. The first kappa shape index (κ1) is 22.1. The third kappa shape index (κ3) is 4.25. The highest BCUT2D eigenvalue weighted by atomic mass is 32.2. The van der Waals surface area contributed by atoms with Crippen molar-refractivity contribution >= 4 is 63.3 Å². The number of esters is 1. The second-order valence-electron chi connectivity index (χ2n) is 7.46. The zero-order valence-corrected chi connectivity index (χ0v) is 19.2. The molecule has 1 aromatic carbocycles. The number of carbonyl (C=O) groups excluding carboxylic acids is 4. The smallest absolute Gasteiger partial charge is 0.341 e. The lowest BCUT2D eigenvalue weighted by Gasteiger charge is -2.15. The third-order valence-corrected chi connectivity index (χ3v) is 7.39. The molecule has 4 heterocycles. The number of aromatic amines is 1. The standard InChI is InChI=1S/C24H17N3O5S2/c28-18(19-4-2-10-33-19)13-32-24(31)16-3-1-8-26-22(16)34-20-12-21(29)27(23(20)30)15-6-5-14-7-9-25-17(14)11-15/h1-11,20,25H,12-13H2. The highest BCUT2D eigenvalue weighted by Crippen LogP contribution is 2.35. The van der Waals surface area contributed by atoms with Gasteiger partial charge in [-0.05, 0) is 47.2 Å². The lowest BCUT2D eigenvalue weighted by atomic mass is 10.2. The number of H-pyrrole nitrogens is 1. The molecule has 0 saturated carbocycles. The summed E-state index contributed by atoms with van der Waals surface area (Å²) in [4.78, 5) is 59.6. The Morgan fingerprint density at radius 2 is 2.06 bits per heavy atom. The van der Waals surface area contributed by atoms with Crippen molar-refractivity contribution < 1.29 is 23.9 Å². The van der Waals surface area contributed by atoms with Gasteiger partial charge in [0.05, 0.1) is 21.4 Å². The van der Waals surface area contributed by atoms with E-state index >= 15 is 0 Å². The van der Waals surface area contributed by atoms with E-state index in [9.17, 15) is 19.2 Å². The summed E-state index contributed by atoms with van der Waals surface area (Å²) in [7, 11) is 0. The van der Waals surface area contributed by atoms with Crippen molar-refractivity contribution in [3.8, 4) is 0 Å². The van der Waals surface area contributed by atoms with Crippen LogP contribution in [-0.2, 0) is 14.3 Å².